The molecule has 9 heteroatoms. The summed E-state index contributed by atoms with van der Waals surface area (Å²) in [7, 11) is -3.80. The van der Waals surface area contributed by atoms with Crippen LogP contribution < -0.4 is 10.0 Å². The van der Waals surface area contributed by atoms with Gasteiger partial charge in [-0.25, -0.2) is 23.1 Å². The fraction of sp³-hybridized carbons (Fsp3) is 0.105. The molecule has 0 fully saturated rings. The molecule has 4 rings (SSSR count). The van der Waals surface area contributed by atoms with Gasteiger partial charge in [0.15, 0.2) is 0 Å². The molecular formula is C19H16N4O3S2. The number of anilines is 2. The summed E-state index contributed by atoms with van der Waals surface area (Å²) in [6.45, 7) is 0. The summed E-state index contributed by atoms with van der Waals surface area (Å²) < 4.78 is 27.1. The van der Waals surface area contributed by atoms with E-state index in [1.54, 1.807) is 30.0 Å². The van der Waals surface area contributed by atoms with Crippen LogP contribution in [0.2, 0.25) is 0 Å². The Morgan fingerprint density at radius 3 is 2.43 bits per heavy atom. The van der Waals surface area contributed by atoms with Crippen molar-refractivity contribution in [1.29, 1.82) is 0 Å². The van der Waals surface area contributed by atoms with Gasteiger partial charge in [-0.3, -0.25) is 4.79 Å². The quantitative estimate of drug-likeness (QED) is 0.668. The van der Waals surface area contributed by atoms with Crippen molar-refractivity contribution in [3.8, 4) is 0 Å². The van der Waals surface area contributed by atoms with Gasteiger partial charge in [-0.15, -0.1) is 11.8 Å². The van der Waals surface area contributed by atoms with Gasteiger partial charge in [-0.1, -0.05) is 18.2 Å². The standard InChI is InChI=1S/C19H16N4O3S2/c24-18(17-12-13-4-1-2-5-16(13)27-17)22-14-6-8-15(9-7-14)28(25,26)23-19-20-10-3-11-21-19/h1-11,17H,12H2,(H,22,24)(H,20,21,23). The number of benzene rings is 2. The maximum atomic E-state index is 12.5. The molecule has 0 spiro atoms. The molecule has 28 heavy (non-hydrogen) atoms. The molecule has 1 aliphatic heterocycles. The molecule has 1 aliphatic rings. The minimum atomic E-state index is -3.80. The van der Waals surface area contributed by atoms with Gasteiger partial charge in [0, 0.05) is 23.0 Å². The summed E-state index contributed by atoms with van der Waals surface area (Å²) in [5.74, 6) is -0.106. The van der Waals surface area contributed by atoms with Gasteiger partial charge in [0.05, 0.1) is 10.1 Å². The molecule has 1 aromatic heterocycles. The van der Waals surface area contributed by atoms with E-state index >= 15 is 0 Å². The highest BCUT2D eigenvalue weighted by Crippen LogP contribution is 2.37. The number of amides is 1. The highest BCUT2D eigenvalue weighted by molar-refractivity contribution is 8.01. The predicted octanol–water partition coefficient (Wildman–Crippen LogP) is 2.93. The highest BCUT2D eigenvalue weighted by Gasteiger charge is 2.28. The van der Waals surface area contributed by atoms with Crippen molar-refractivity contribution in [2.75, 3.05) is 10.0 Å². The number of nitrogens with zero attached hydrogens (tertiary/aromatic N) is 2. The SMILES string of the molecule is O=C(Nc1ccc(S(=O)(=O)Nc2ncccn2)cc1)C1Cc2ccccc2S1. The first-order valence-corrected chi connectivity index (χ1v) is 10.8. The minimum absolute atomic E-state index is 0.00213. The molecule has 3 aromatic rings. The van der Waals surface area contributed by atoms with Crippen LogP contribution >= 0.6 is 11.8 Å². The van der Waals surface area contributed by atoms with E-state index in [0.717, 1.165) is 4.90 Å². The Balaban J connectivity index is 1.42. The Morgan fingerprint density at radius 1 is 1.00 bits per heavy atom. The molecule has 2 N–H and O–H groups in total. The molecule has 2 heterocycles. The molecule has 0 saturated carbocycles. The van der Waals surface area contributed by atoms with Crippen molar-refractivity contribution in [1.82, 2.24) is 9.97 Å². The van der Waals surface area contributed by atoms with E-state index in [2.05, 4.69) is 20.0 Å². The number of fused-ring (bicyclic) bond motifs is 1. The normalized spacial score (nSPS) is 15.6. The number of carbonyl (C=O) groups excluding carboxylic acids is 1. The highest BCUT2D eigenvalue weighted by atomic mass is 32.2. The number of hydrogen-bond acceptors (Lipinski definition) is 6. The lowest BCUT2D eigenvalue weighted by atomic mass is 10.1. The summed E-state index contributed by atoms with van der Waals surface area (Å²) in [4.78, 5) is 21.4. The van der Waals surface area contributed by atoms with E-state index in [0.29, 0.717) is 12.1 Å². The monoisotopic (exact) mass is 412 g/mol. The van der Waals surface area contributed by atoms with Crippen LogP contribution in [0.15, 0.2) is 76.8 Å². The zero-order valence-electron chi connectivity index (χ0n) is 14.6. The number of carbonyl (C=O) groups is 1. The molecule has 1 atom stereocenters. The van der Waals surface area contributed by atoms with Crippen molar-refractivity contribution < 1.29 is 13.2 Å². The maximum absolute atomic E-state index is 12.5. The van der Waals surface area contributed by atoms with Gasteiger partial charge in [0.1, 0.15) is 0 Å². The van der Waals surface area contributed by atoms with Crippen molar-refractivity contribution in [3.05, 3.63) is 72.6 Å². The van der Waals surface area contributed by atoms with E-state index < -0.39 is 10.0 Å². The molecule has 0 bridgehead atoms. The van der Waals surface area contributed by atoms with Gasteiger partial charge in [-0.2, -0.15) is 0 Å². The third kappa shape index (κ3) is 4.00. The Kier molecular flexibility index (Phi) is 5.01. The molecule has 0 aliphatic carbocycles. The van der Waals surface area contributed by atoms with E-state index in [4.69, 9.17) is 0 Å². The number of sulfonamides is 1. The summed E-state index contributed by atoms with van der Waals surface area (Å²) in [6, 6.07) is 15.5. The fourth-order valence-corrected chi connectivity index (χ4v) is 4.95. The third-order valence-corrected chi connectivity index (χ3v) is 6.82. The lowest BCUT2D eigenvalue weighted by molar-refractivity contribution is -0.115. The second kappa shape index (κ2) is 7.61. The Bertz CT molecular complexity index is 1080. The second-order valence-corrected chi connectivity index (χ2v) is 9.04. The van der Waals surface area contributed by atoms with Gasteiger partial charge >= 0.3 is 0 Å². The fourth-order valence-electron chi connectivity index (χ4n) is 2.80. The lowest BCUT2D eigenvalue weighted by Gasteiger charge is -2.11. The van der Waals surface area contributed by atoms with Crippen LogP contribution in [-0.2, 0) is 21.2 Å². The van der Waals surface area contributed by atoms with Crippen LogP contribution in [-0.4, -0.2) is 29.5 Å². The topological polar surface area (TPSA) is 101 Å². The average molecular weight is 412 g/mol. The van der Waals surface area contributed by atoms with Crippen molar-refractivity contribution >= 4 is 39.3 Å². The van der Waals surface area contributed by atoms with Crippen molar-refractivity contribution in [2.45, 2.75) is 21.5 Å². The molecule has 2 aromatic carbocycles. The van der Waals surface area contributed by atoms with Crippen LogP contribution in [0, 0.1) is 0 Å². The van der Waals surface area contributed by atoms with E-state index in [-0.39, 0.29) is 22.0 Å². The van der Waals surface area contributed by atoms with Crippen molar-refractivity contribution in [2.24, 2.45) is 0 Å². The van der Waals surface area contributed by atoms with Crippen LogP contribution in [0.3, 0.4) is 0 Å². The first-order valence-electron chi connectivity index (χ1n) is 8.47. The first kappa shape index (κ1) is 18.5. The van der Waals surface area contributed by atoms with Gasteiger partial charge in [-0.05, 0) is 48.4 Å². The summed E-state index contributed by atoms with van der Waals surface area (Å²) in [6.07, 6.45) is 3.58. The molecule has 1 amide bonds. The van der Waals surface area contributed by atoms with Gasteiger partial charge < -0.3 is 5.32 Å². The van der Waals surface area contributed by atoms with Crippen LogP contribution in [0.4, 0.5) is 11.6 Å². The smallest absolute Gasteiger partial charge is 0.264 e. The molecule has 142 valence electrons. The van der Waals surface area contributed by atoms with Crippen LogP contribution in [0.5, 0.6) is 0 Å². The number of rotatable bonds is 5. The van der Waals surface area contributed by atoms with Crippen molar-refractivity contribution in [3.63, 3.8) is 0 Å². The molecule has 0 saturated heterocycles. The number of nitrogens with one attached hydrogen (secondary N) is 2. The number of hydrogen-bond donors (Lipinski definition) is 2. The van der Waals surface area contributed by atoms with E-state index in [9.17, 15) is 13.2 Å². The zero-order valence-corrected chi connectivity index (χ0v) is 16.2. The Morgan fingerprint density at radius 2 is 1.71 bits per heavy atom. The summed E-state index contributed by atoms with van der Waals surface area (Å²) in [5, 5.41) is 2.65. The third-order valence-electron chi connectivity index (χ3n) is 4.16. The molecule has 7 nitrogen and oxygen atoms in total. The summed E-state index contributed by atoms with van der Waals surface area (Å²) >= 11 is 1.54. The zero-order chi connectivity index (χ0) is 19.6. The van der Waals surface area contributed by atoms with E-state index in [1.807, 2.05) is 24.3 Å². The summed E-state index contributed by atoms with van der Waals surface area (Å²) in [5.41, 5.74) is 1.71. The van der Waals surface area contributed by atoms with Crippen LogP contribution in [0.25, 0.3) is 0 Å². The maximum Gasteiger partial charge on any atom is 0.264 e. The Hall–Kier alpha value is -2.91. The molecular weight excluding hydrogens is 396 g/mol. The minimum Gasteiger partial charge on any atom is -0.325 e. The number of aromatic nitrogens is 2. The second-order valence-electron chi connectivity index (χ2n) is 6.11. The predicted molar refractivity (Wildman–Crippen MR) is 108 cm³/mol. The van der Waals surface area contributed by atoms with Gasteiger partial charge in [0.25, 0.3) is 10.0 Å². The lowest BCUT2D eigenvalue weighted by Crippen LogP contribution is -2.24. The molecule has 0 radical (unpaired) electrons. The largest absolute Gasteiger partial charge is 0.325 e. The average Bonchev–Trinajstić information content (AvgIpc) is 3.13. The number of thioether (sulfide) groups is 1. The van der Waals surface area contributed by atoms with Gasteiger partial charge in [0.2, 0.25) is 11.9 Å². The van der Waals surface area contributed by atoms with E-state index in [1.165, 1.54) is 30.1 Å². The van der Waals surface area contributed by atoms with Crippen LogP contribution in [0.1, 0.15) is 5.56 Å². The molecule has 1 unspecified atom stereocenters. The first-order chi connectivity index (χ1) is 13.5. The Labute approximate surface area is 166 Å².